The van der Waals surface area contributed by atoms with Gasteiger partial charge in [0.25, 0.3) is 0 Å². The van der Waals surface area contributed by atoms with Crippen molar-refractivity contribution in [3.8, 4) is 0 Å². The Kier molecular flexibility index (Phi) is 4.14. The highest BCUT2D eigenvalue weighted by Crippen LogP contribution is 2.24. The minimum atomic E-state index is -0.900. The molecular formula is C12H21NO4. The zero-order valence-electron chi connectivity index (χ0n) is 10.9. The normalized spacial score (nSPS) is 24.7. The van der Waals surface area contributed by atoms with Crippen LogP contribution < -0.4 is 0 Å². The van der Waals surface area contributed by atoms with Gasteiger partial charge in [-0.25, -0.2) is 0 Å². The van der Waals surface area contributed by atoms with Gasteiger partial charge in [0.1, 0.15) is 5.92 Å². The van der Waals surface area contributed by atoms with E-state index in [1.807, 2.05) is 20.8 Å². The van der Waals surface area contributed by atoms with Crippen molar-refractivity contribution in [3.63, 3.8) is 0 Å². The SMILES string of the molecule is CN(C(=O)CC(C)(C)C)C1COCC1C(=O)O. The van der Waals surface area contributed by atoms with Crippen molar-refractivity contribution in [2.75, 3.05) is 20.3 Å². The monoisotopic (exact) mass is 243 g/mol. The number of nitrogens with zero attached hydrogens (tertiary/aromatic N) is 1. The molecule has 1 amide bonds. The van der Waals surface area contributed by atoms with Crippen LogP contribution in [0.3, 0.4) is 0 Å². The first-order valence-electron chi connectivity index (χ1n) is 5.78. The highest BCUT2D eigenvalue weighted by Gasteiger charge is 2.38. The van der Waals surface area contributed by atoms with Crippen LogP contribution in [0.1, 0.15) is 27.2 Å². The van der Waals surface area contributed by atoms with Crippen molar-refractivity contribution in [3.05, 3.63) is 0 Å². The van der Waals surface area contributed by atoms with Crippen LogP contribution >= 0.6 is 0 Å². The molecule has 1 fully saturated rings. The molecule has 1 saturated heterocycles. The number of carboxylic acids is 1. The molecule has 5 nitrogen and oxygen atoms in total. The topological polar surface area (TPSA) is 66.8 Å². The van der Waals surface area contributed by atoms with Crippen LogP contribution in [0.25, 0.3) is 0 Å². The second-order valence-corrected chi connectivity index (χ2v) is 5.79. The quantitative estimate of drug-likeness (QED) is 0.802. The maximum absolute atomic E-state index is 12.0. The Bertz CT molecular complexity index is 308. The van der Waals surface area contributed by atoms with E-state index in [9.17, 15) is 9.59 Å². The Hall–Kier alpha value is -1.10. The van der Waals surface area contributed by atoms with E-state index in [1.54, 1.807) is 7.05 Å². The number of likely N-dealkylation sites (N-methyl/N-ethyl adjacent to an activating group) is 1. The van der Waals surface area contributed by atoms with E-state index in [0.29, 0.717) is 13.0 Å². The third-order valence-electron chi connectivity index (χ3n) is 2.94. The largest absolute Gasteiger partial charge is 0.481 e. The van der Waals surface area contributed by atoms with Gasteiger partial charge in [-0.3, -0.25) is 9.59 Å². The first kappa shape index (κ1) is 14.0. The Balaban J connectivity index is 2.66. The zero-order valence-corrected chi connectivity index (χ0v) is 10.9. The Morgan fingerprint density at radius 2 is 1.94 bits per heavy atom. The van der Waals surface area contributed by atoms with Gasteiger partial charge in [0.05, 0.1) is 19.3 Å². The molecule has 2 unspecified atom stereocenters. The molecule has 0 bridgehead atoms. The van der Waals surface area contributed by atoms with E-state index in [1.165, 1.54) is 4.90 Å². The number of hydrogen-bond acceptors (Lipinski definition) is 3. The van der Waals surface area contributed by atoms with Gasteiger partial charge in [-0.2, -0.15) is 0 Å². The summed E-state index contributed by atoms with van der Waals surface area (Å²) >= 11 is 0. The molecule has 98 valence electrons. The first-order valence-corrected chi connectivity index (χ1v) is 5.78. The van der Waals surface area contributed by atoms with Gasteiger partial charge in [0, 0.05) is 13.5 Å². The standard InChI is InChI=1S/C12H21NO4/c1-12(2,3)5-10(14)13(4)9-7-17-6-8(9)11(15)16/h8-9H,5-7H2,1-4H3,(H,15,16). The van der Waals surface area contributed by atoms with Gasteiger partial charge < -0.3 is 14.7 Å². The van der Waals surface area contributed by atoms with Crippen LogP contribution in [-0.4, -0.2) is 48.2 Å². The molecule has 5 heteroatoms. The minimum absolute atomic E-state index is 0.0285. The number of ether oxygens (including phenoxy) is 1. The van der Waals surface area contributed by atoms with Crippen molar-refractivity contribution in [1.82, 2.24) is 4.90 Å². The fraction of sp³-hybridized carbons (Fsp3) is 0.833. The van der Waals surface area contributed by atoms with Crippen molar-refractivity contribution in [1.29, 1.82) is 0 Å². The van der Waals surface area contributed by atoms with E-state index >= 15 is 0 Å². The molecular weight excluding hydrogens is 222 g/mol. The highest BCUT2D eigenvalue weighted by atomic mass is 16.5. The summed E-state index contributed by atoms with van der Waals surface area (Å²) in [5.74, 6) is -1.54. The summed E-state index contributed by atoms with van der Waals surface area (Å²) in [6, 6.07) is -0.345. The van der Waals surface area contributed by atoms with Crippen molar-refractivity contribution < 1.29 is 19.4 Å². The van der Waals surface area contributed by atoms with Crippen LogP contribution in [0.2, 0.25) is 0 Å². The third-order valence-corrected chi connectivity index (χ3v) is 2.94. The van der Waals surface area contributed by atoms with Crippen LogP contribution in [0.5, 0.6) is 0 Å². The minimum Gasteiger partial charge on any atom is -0.481 e. The molecule has 1 aliphatic rings. The van der Waals surface area contributed by atoms with Crippen LogP contribution in [0.4, 0.5) is 0 Å². The lowest BCUT2D eigenvalue weighted by atomic mass is 9.91. The van der Waals surface area contributed by atoms with E-state index in [-0.39, 0.29) is 24.0 Å². The molecule has 0 aromatic heterocycles. The number of amides is 1. The van der Waals surface area contributed by atoms with Crippen molar-refractivity contribution >= 4 is 11.9 Å². The summed E-state index contributed by atoms with van der Waals surface area (Å²) in [4.78, 5) is 24.5. The number of aliphatic carboxylic acids is 1. The number of carbonyl (C=O) groups excluding carboxylic acids is 1. The molecule has 1 heterocycles. The van der Waals surface area contributed by atoms with E-state index in [2.05, 4.69) is 0 Å². The zero-order chi connectivity index (χ0) is 13.2. The first-order chi connectivity index (χ1) is 7.72. The van der Waals surface area contributed by atoms with Crippen molar-refractivity contribution in [2.24, 2.45) is 11.3 Å². The maximum Gasteiger partial charge on any atom is 0.311 e. The number of rotatable bonds is 3. The number of carbonyl (C=O) groups is 2. The molecule has 2 atom stereocenters. The average Bonchev–Trinajstić information content (AvgIpc) is 2.61. The van der Waals surface area contributed by atoms with Crippen LogP contribution in [0, 0.1) is 11.3 Å². The lowest BCUT2D eigenvalue weighted by molar-refractivity contribution is -0.144. The molecule has 1 rings (SSSR count). The summed E-state index contributed by atoms with van der Waals surface area (Å²) in [5, 5.41) is 9.03. The third kappa shape index (κ3) is 3.70. The molecule has 0 spiro atoms. The predicted octanol–water partition coefficient (Wildman–Crippen LogP) is 0.981. The summed E-state index contributed by atoms with van der Waals surface area (Å²) in [5.41, 5.74) is -0.0937. The predicted molar refractivity (Wildman–Crippen MR) is 62.6 cm³/mol. The summed E-state index contributed by atoms with van der Waals surface area (Å²) in [6.07, 6.45) is 0.409. The molecule has 0 aromatic carbocycles. The fourth-order valence-corrected chi connectivity index (χ4v) is 1.92. The molecule has 0 aliphatic carbocycles. The van der Waals surface area contributed by atoms with E-state index in [4.69, 9.17) is 9.84 Å². The average molecular weight is 243 g/mol. The summed E-state index contributed by atoms with van der Waals surface area (Å²) in [6.45, 7) is 6.45. The Morgan fingerprint density at radius 3 is 2.41 bits per heavy atom. The number of carboxylic acid groups (broad SMARTS) is 1. The fourth-order valence-electron chi connectivity index (χ4n) is 1.92. The Morgan fingerprint density at radius 1 is 1.35 bits per heavy atom. The molecule has 0 radical (unpaired) electrons. The molecule has 1 N–H and O–H groups in total. The van der Waals surface area contributed by atoms with Crippen LogP contribution in [-0.2, 0) is 14.3 Å². The molecule has 0 saturated carbocycles. The molecule has 1 aliphatic heterocycles. The highest BCUT2D eigenvalue weighted by molar-refractivity contribution is 5.78. The van der Waals surface area contributed by atoms with Gasteiger partial charge in [-0.05, 0) is 5.41 Å². The molecule has 0 aromatic rings. The van der Waals surface area contributed by atoms with Crippen LogP contribution in [0.15, 0.2) is 0 Å². The summed E-state index contributed by atoms with van der Waals surface area (Å²) < 4.78 is 5.16. The lowest BCUT2D eigenvalue weighted by Crippen LogP contribution is -2.45. The smallest absolute Gasteiger partial charge is 0.311 e. The van der Waals surface area contributed by atoms with Gasteiger partial charge in [-0.15, -0.1) is 0 Å². The van der Waals surface area contributed by atoms with E-state index in [0.717, 1.165) is 0 Å². The molecule has 17 heavy (non-hydrogen) atoms. The van der Waals surface area contributed by atoms with Gasteiger partial charge in [0.15, 0.2) is 0 Å². The maximum atomic E-state index is 12.0. The van der Waals surface area contributed by atoms with Gasteiger partial charge in [-0.1, -0.05) is 20.8 Å². The van der Waals surface area contributed by atoms with E-state index < -0.39 is 11.9 Å². The van der Waals surface area contributed by atoms with Gasteiger partial charge >= 0.3 is 5.97 Å². The number of hydrogen-bond donors (Lipinski definition) is 1. The lowest BCUT2D eigenvalue weighted by Gasteiger charge is -2.29. The summed E-state index contributed by atoms with van der Waals surface area (Å²) in [7, 11) is 1.66. The van der Waals surface area contributed by atoms with Crippen molar-refractivity contribution in [2.45, 2.75) is 33.2 Å². The van der Waals surface area contributed by atoms with Gasteiger partial charge in [0.2, 0.25) is 5.91 Å². The second kappa shape index (κ2) is 5.04. The Labute approximate surface area is 102 Å². The second-order valence-electron chi connectivity index (χ2n) is 5.79.